The number of benzene rings is 1. The Morgan fingerprint density at radius 1 is 1.30 bits per heavy atom. The van der Waals surface area contributed by atoms with E-state index in [1.807, 2.05) is 20.8 Å². The monoisotopic (exact) mass is 342 g/mol. The largest absolute Gasteiger partial charge is 0.478 e. The maximum absolute atomic E-state index is 12.2. The molecule has 5 nitrogen and oxygen atoms in total. The highest BCUT2D eigenvalue weighted by molar-refractivity contribution is 9.10. The van der Waals surface area contributed by atoms with Crippen molar-refractivity contribution in [2.24, 2.45) is 5.92 Å². The highest BCUT2D eigenvalue weighted by atomic mass is 79.9. The lowest BCUT2D eigenvalue weighted by atomic mass is 10.1. The van der Waals surface area contributed by atoms with Crippen molar-refractivity contribution in [2.75, 3.05) is 12.4 Å². The molecule has 0 bridgehead atoms. The van der Waals surface area contributed by atoms with Gasteiger partial charge in [-0.1, -0.05) is 29.8 Å². The highest BCUT2D eigenvalue weighted by Gasteiger charge is 2.20. The molecule has 0 spiro atoms. The van der Waals surface area contributed by atoms with Gasteiger partial charge in [-0.05, 0) is 31.0 Å². The number of nitrogens with zero attached hydrogens (tertiary/aromatic N) is 1. The molecule has 1 unspecified atom stereocenters. The molecule has 0 fully saturated rings. The summed E-state index contributed by atoms with van der Waals surface area (Å²) in [6, 6.07) is 4.38. The lowest BCUT2D eigenvalue weighted by Gasteiger charge is -2.28. The number of carboxylic acid groups (broad SMARTS) is 1. The van der Waals surface area contributed by atoms with E-state index in [4.69, 9.17) is 5.11 Å². The van der Waals surface area contributed by atoms with Crippen LogP contribution in [-0.2, 0) is 0 Å². The number of anilines is 1. The Hall–Kier alpha value is -1.56. The molecule has 1 atom stereocenters. The molecule has 6 heteroatoms. The summed E-state index contributed by atoms with van der Waals surface area (Å²) in [5.41, 5.74) is 0.340. The molecule has 1 rings (SSSR count). The minimum Gasteiger partial charge on any atom is -0.478 e. The standard InChI is InChI=1S/C14H19BrN2O3/c1-8(2)9(3)17(4)14(20)16-12-7-10(15)5-6-11(12)13(18)19/h5-9H,1-4H3,(H,16,20)(H,18,19). The predicted octanol–water partition coefficient (Wildman–Crippen LogP) is 3.66. The number of halogens is 1. The lowest BCUT2D eigenvalue weighted by molar-refractivity contribution is 0.0698. The summed E-state index contributed by atoms with van der Waals surface area (Å²) in [6.45, 7) is 6.00. The van der Waals surface area contributed by atoms with Gasteiger partial charge in [-0.3, -0.25) is 0 Å². The molecule has 0 aliphatic rings. The van der Waals surface area contributed by atoms with Crippen LogP contribution in [0.1, 0.15) is 31.1 Å². The van der Waals surface area contributed by atoms with Crippen molar-refractivity contribution < 1.29 is 14.7 Å². The van der Waals surface area contributed by atoms with Crippen molar-refractivity contribution in [3.05, 3.63) is 28.2 Å². The summed E-state index contributed by atoms with van der Waals surface area (Å²) in [5, 5.41) is 11.8. The van der Waals surface area contributed by atoms with Gasteiger partial charge in [-0.25, -0.2) is 9.59 Å². The Labute approximate surface area is 127 Å². The van der Waals surface area contributed by atoms with E-state index in [0.29, 0.717) is 10.4 Å². The zero-order valence-electron chi connectivity index (χ0n) is 12.0. The van der Waals surface area contributed by atoms with Crippen LogP contribution in [0.25, 0.3) is 0 Å². The molecule has 20 heavy (non-hydrogen) atoms. The summed E-state index contributed by atoms with van der Waals surface area (Å²) < 4.78 is 0.706. The van der Waals surface area contributed by atoms with Crippen molar-refractivity contribution in [3.8, 4) is 0 Å². The number of urea groups is 1. The lowest BCUT2D eigenvalue weighted by Crippen LogP contribution is -2.41. The summed E-state index contributed by atoms with van der Waals surface area (Å²) in [6.07, 6.45) is 0. The molecule has 0 aromatic heterocycles. The van der Waals surface area contributed by atoms with Crippen LogP contribution < -0.4 is 5.32 Å². The minimum absolute atomic E-state index is 0.0513. The first kappa shape index (κ1) is 16.5. The van der Waals surface area contributed by atoms with Gasteiger partial charge in [0.05, 0.1) is 11.3 Å². The second kappa shape index (κ2) is 6.74. The fourth-order valence-corrected chi connectivity index (χ4v) is 2.00. The van der Waals surface area contributed by atoms with Crippen LogP contribution in [-0.4, -0.2) is 35.1 Å². The third kappa shape index (κ3) is 3.96. The van der Waals surface area contributed by atoms with Gasteiger partial charge in [0, 0.05) is 17.6 Å². The predicted molar refractivity (Wildman–Crippen MR) is 82.2 cm³/mol. The zero-order valence-corrected chi connectivity index (χ0v) is 13.6. The summed E-state index contributed by atoms with van der Waals surface area (Å²) in [5.74, 6) is -0.764. The second-order valence-electron chi connectivity index (χ2n) is 5.02. The number of aromatic carboxylic acids is 1. The molecule has 0 aliphatic heterocycles. The number of nitrogens with one attached hydrogen (secondary N) is 1. The summed E-state index contributed by atoms with van der Waals surface area (Å²) in [7, 11) is 1.69. The fourth-order valence-electron chi connectivity index (χ4n) is 1.64. The first-order valence-corrected chi connectivity index (χ1v) is 7.10. The molecule has 2 amide bonds. The number of rotatable bonds is 4. The number of carboxylic acids is 1. The van der Waals surface area contributed by atoms with Gasteiger partial charge in [-0.2, -0.15) is 0 Å². The number of amides is 2. The van der Waals surface area contributed by atoms with Crippen LogP contribution in [0, 0.1) is 5.92 Å². The quantitative estimate of drug-likeness (QED) is 0.877. The molecule has 2 N–H and O–H groups in total. The Bertz CT molecular complexity index is 517. The number of hydrogen-bond donors (Lipinski definition) is 2. The number of carbonyl (C=O) groups is 2. The normalized spacial score (nSPS) is 12.1. The van der Waals surface area contributed by atoms with Crippen molar-refractivity contribution >= 4 is 33.6 Å². The van der Waals surface area contributed by atoms with Gasteiger partial charge < -0.3 is 15.3 Å². The fraction of sp³-hybridized carbons (Fsp3) is 0.429. The molecule has 1 aromatic rings. The first-order chi connectivity index (χ1) is 9.23. The smallest absolute Gasteiger partial charge is 0.337 e. The third-order valence-electron chi connectivity index (χ3n) is 3.35. The zero-order chi connectivity index (χ0) is 15.4. The van der Waals surface area contributed by atoms with Crippen LogP contribution in [0.4, 0.5) is 10.5 Å². The molecule has 0 aliphatic carbocycles. The average Bonchev–Trinajstić information content (AvgIpc) is 2.36. The van der Waals surface area contributed by atoms with Gasteiger partial charge in [-0.15, -0.1) is 0 Å². The SMILES string of the molecule is CC(C)C(C)N(C)C(=O)Nc1cc(Br)ccc1C(=O)O. The number of hydrogen-bond acceptors (Lipinski definition) is 2. The van der Waals surface area contributed by atoms with E-state index in [0.717, 1.165) is 0 Å². The Kier molecular flexibility index (Phi) is 5.56. The van der Waals surface area contributed by atoms with Crippen LogP contribution >= 0.6 is 15.9 Å². The Morgan fingerprint density at radius 3 is 2.40 bits per heavy atom. The van der Waals surface area contributed by atoms with Crippen molar-refractivity contribution in [1.29, 1.82) is 0 Å². The van der Waals surface area contributed by atoms with Crippen molar-refractivity contribution in [2.45, 2.75) is 26.8 Å². The molecule has 0 saturated heterocycles. The molecule has 0 heterocycles. The molecular formula is C14H19BrN2O3. The van der Waals surface area contributed by atoms with Gasteiger partial charge in [0.1, 0.15) is 0 Å². The molecule has 1 aromatic carbocycles. The van der Waals surface area contributed by atoms with Crippen molar-refractivity contribution in [1.82, 2.24) is 4.90 Å². The van der Waals surface area contributed by atoms with E-state index in [1.54, 1.807) is 24.1 Å². The van der Waals surface area contributed by atoms with Crippen LogP contribution in [0.3, 0.4) is 0 Å². The Balaban J connectivity index is 2.95. The van der Waals surface area contributed by atoms with E-state index in [2.05, 4.69) is 21.2 Å². The Morgan fingerprint density at radius 2 is 1.90 bits per heavy atom. The molecule has 110 valence electrons. The van der Waals surface area contributed by atoms with E-state index in [9.17, 15) is 9.59 Å². The minimum atomic E-state index is -1.08. The van der Waals surface area contributed by atoms with Gasteiger partial charge in [0.15, 0.2) is 0 Å². The second-order valence-corrected chi connectivity index (χ2v) is 5.94. The summed E-state index contributed by atoms with van der Waals surface area (Å²) >= 11 is 3.27. The average molecular weight is 343 g/mol. The molecule has 0 saturated carbocycles. The van der Waals surface area contributed by atoms with E-state index >= 15 is 0 Å². The third-order valence-corrected chi connectivity index (χ3v) is 3.84. The maximum Gasteiger partial charge on any atom is 0.337 e. The van der Waals surface area contributed by atoms with Crippen LogP contribution in [0.5, 0.6) is 0 Å². The van der Waals surface area contributed by atoms with Crippen molar-refractivity contribution in [3.63, 3.8) is 0 Å². The van der Waals surface area contributed by atoms with Gasteiger partial charge >= 0.3 is 12.0 Å². The maximum atomic E-state index is 12.2. The topological polar surface area (TPSA) is 69.6 Å². The summed E-state index contributed by atoms with van der Waals surface area (Å²) in [4.78, 5) is 24.9. The van der Waals surface area contributed by atoms with E-state index in [-0.39, 0.29) is 23.3 Å². The van der Waals surface area contributed by atoms with E-state index in [1.165, 1.54) is 6.07 Å². The molecular weight excluding hydrogens is 324 g/mol. The van der Waals surface area contributed by atoms with Gasteiger partial charge in [0.2, 0.25) is 0 Å². The molecule has 0 radical (unpaired) electrons. The van der Waals surface area contributed by atoms with E-state index < -0.39 is 5.97 Å². The highest BCUT2D eigenvalue weighted by Crippen LogP contribution is 2.22. The van der Waals surface area contributed by atoms with Gasteiger partial charge in [0.25, 0.3) is 0 Å². The van der Waals surface area contributed by atoms with Crippen LogP contribution in [0.15, 0.2) is 22.7 Å². The number of carbonyl (C=O) groups excluding carboxylic acids is 1. The first-order valence-electron chi connectivity index (χ1n) is 6.30. The van der Waals surface area contributed by atoms with Crippen LogP contribution in [0.2, 0.25) is 0 Å².